The zero-order valence-corrected chi connectivity index (χ0v) is 15.3. The molecule has 1 N–H and O–H groups in total. The molecule has 0 saturated heterocycles. The van der Waals surface area contributed by atoms with E-state index in [0.29, 0.717) is 29.4 Å². The highest BCUT2D eigenvalue weighted by Crippen LogP contribution is 2.34. The first kappa shape index (κ1) is 16.9. The summed E-state index contributed by atoms with van der Waals surface area (Å²) in [6, 6.07) is 8.98. The minimum Gasteiger partial charge on any atom is -0.493 e. The van der Waals surface area contributed by atoms with Gasteiger partial charge < -0.3 is 9.47 Å². The highest BCUT2D eigenvalue weighted by Gasteiger charge is 2.16. The van der Waals surface area contributed by atoms with E-state index >= 15 is 0 Å². The molecule has 0 aliphatic heterocycles. The number of nitrogens with zero attached hydrogens (tertiary/aromatic N) is 4. The maximum absolute atomic E-state index is 12.6. The van der Waals surface area contributed by atoms with Crippen LogP contribution in [0.15, 0.2) is 47.5 Å². The lowest BCUT2D eigenvalue weighted by Crippen LogP contribution is -2.17. The van der Waals surface area contributed by atoms with Crippen molar-refractivity contribution >= 4 is 5.65 Å². The van der Waals surface area contributed by atoms with Crippen molar-refractivity contribution in [3.05, 3.63) is 64.5 Å². The molecule has 0 spiro atoms. The van der Waals surface area contributed by atoms with E-state index in [1.165, 1.54) is 10.6 Å². The van der Waals surface area contributed by atoms with Crippen molar-refractivity contribution in [3.63, 3.8) is 0 Å². The van der Waals surface area contributed by atoms with Gasteiger partial charge in [0.2, 0.25) is 0 Å². The average molecular weight is 365 g/mol. The van der Waals surface area contributed by atoms with Crippen molar-refractivity contribution in [3.8, 4) is 22.6 Å². The quantitative estimate of drug-likeness (QED) is 0.586. The highest BCUT2D eigenvalue weighted by atomic mass is 16.5. The smallest absolute Gasteiger partial charge is 0.272 e. The van der Waals surface area contributed by atoms with Gasteiger partial charge in [-0.1, -0.05) is 6.07 Å². The number of hydrogen-bond donors (Lipinski definition) is 1. The Labute approximate surface area is 155 Å². The number of aromatic amines is 1. The largest absolute Gasteiger partial charge is 0.493 e. The Bertz CT molecular complexity index is 1160. The molecular formula is C19H19N5O3. The molecule has 0 aliphatic carbocycles. The highest BCUT2D eigenvalue weighted by molar-refractivity contribution is 5.81. The molecule has 27 heavy (non-hydrogen) atoms. The van der Waals surface area contributed by atoms with Crippen LogP contribution in [0.2, 0.25) is 0 Å². The predicted molar refractivity (Wildman–Crippen MR) is 100 cm³/mol. The van der Waals surface area contributed by atoms with Crippen LogP contribution in [-0.4, -0.2) is 38.6 Å². The van der Waals surface area contributed by atoms with Crippen LogP contribution in [0.5, 0.6) is 11.5 Å². The lowest BCUT2D eigenvalue weighted by atomic mass is 10.1. The molecule has 138 valence electrons. The van der Waals surface area contributed by atoms with Crippen LogP contribution in [0.1, 0.15) is 11.4 Å². The fourth-order valence-corrected chi connectivity index (χ4v) is 3.18. The van der Waals surface area contributed by atoms with Gasteiger partial charge in [0.05, 0.1) is 26.5 Å². The number of aryl methyl sites for hydroxylation is 1. The van der Waals surface area contributed by atoms with Gasteiger partial charge in [-0.3, -0.25) is 14.6 Å². The Balaban J connectivity index is 1.89. The number of benzene rings is 1. The molecule has 0 amide bonds. The van der Waals surface area contributed by atoms with Gasteiger partial charge in [-0.05, 0) is 30.7 Å². The summed E-state index contributed by atoms with van der Waals surface area (Å²) < 4.78 is 13.9. The van der Waals surface area contributed by atoms with Crippen LogP contribution in [0, 0.1) is 6.92 Å². The second kappa shape index (κ2) is 6.64. The Morgan fingerprint density at radius 3 is 2.67 bits per heavy atom. The van der Waals surface area contributed by atoms with Gasteiger partial charge in [0.25, 0.3) is 5.56 Å². The number of nitrogens with one attached hydrogen (secondary N) is 1. The van der Waals surface area contributed by atoms with Crippen LogP contribution in [-0.2, 0) is 6.54 Å². The van der Waals surface area contributed by atoms with Gasteiger partial charge >= 0.3 is 0 Å². The van der Waals surface area contributed by atoms with Gasteiger partial charge in [0.15, 0.2) is 17.1 Å². The Hall–Kier alpha value is -3.55. The molecule has 0 bridgehead atoms. The Morgan fingerprint density at radius 1 is 1.15 bits per heavy atom. The van der Waals surface area contributed by atoms with Crippen LogP contribution < -0.4 is 15.0 Å². The first-order valence-electron chi connectivity index (χ1n) is 8.42. The molecule has 0 fully saturated rings. The average Bonchev–Trinajstić information content (AvgIpc) is 3.28. The fraction of sp³-hybridized carbons (Fsp3) is 0.211. The van der Waals surface area contributed by atoms with E-state index < -0.39 is 0 Å². The van der Waals surface area contributed by atoms with Crippen LogP contribution in [0.25, 0.3) is 16.8 Å². The lowest BCUT2D eigenvalue weighted by molar-refractivity contribution is 0.355. The zero-order valence-electron chi connectivity index (χ0n) is 15.3. The maximum atomic E-state index is 12.6. The number of fused-ring (bicyclic) bond motifs is 1. The van der Waals surface area contributed by atoms with Gasteiger partial charge in [0, 0.05) is 29.7 Å². The minimum absolute atomic E-state index is 0.169. The molecule has 8 nitrogen and oxygen atoms in total. The van der Waals surface area contributed by atoms with Crippen molar-refractivity contribution in [2.75, 3.05) is 14.2 Å². The third-order valence-electron chi connectivity index (χ3n) is 4.41. The molecular weight excluding hydrogens is 346 g/mol. The maximum Gasteiger partial charge on any atom is 0.272 e. The molecule has 1 aromatic carbocycles. The van der Waals surface area contributed by atoms with Crippen molar-refractivity contribution < 1.29 is 9.47 Å². The van der Waals surface area contributed by atoms with Gasteiger partial charge in [-0.25, -0.2) is 9.50 Å². The van der Waals surface area contributed by atoms with E-state index in [-0.39, 0.29) is 5.56 Å². The zero-order chi connectivity index (χ0) is 19.0. The Morgan fingerprint density at radius 2 is 1.96 bits per heavy atom. The van der Waals surface area contributed by atoms with Crippen LogP contribution in [0.4, 0.5) is 0 Å². The van der Waals surface area contributed by atoms with Crippen molar-refractivity contribution in [2.24, 2.45) is 0 Å². The summed E-state index contributed by atoms with van der Waals surface area (Å²) in [6.07, 6.45) is 3.53. The minimum atomic E-state index is -0.169. The SMILES string of the molecule is COc1ccc(-c2c(C)[nH]n3c(=O)cc(Cn4cccn4)nc23)cc1OC. The molecule has 0 radical (unpaired) electrons. The van der Waals surface area contributed by atoms with Gasteiger partial charge in [-0.2, -0.15) is 5.10 Å². The first-order valence-corrected chi connectivity index (χ1v) is 8.42. The summed E-state index contributed by atoms with van der Waals surface area (Å²) in [5, 5.41) is 7.27. The normalized spacial score (nSPS) is 11.1. The third kappa shape index (κ3) is 2.95. The standard InChI is InChI=1S/C19H19N5O3/c1-12-18(13-5-6-15(26-2)16(9-13)27-3)19-21-14(10-17(25)24(19)22-12)11-23-8-4-7-20-23/h4-10,22H,11H2,1-3H3. The summed E-state index contributed by atoms with van der Waals surface area (Å²) in [6.45, 7) is 2.33. The monoisotopic (exact) mass is 365 g/mol. The van der Waals surface area contributed by atoms with E-state index in [1.807, 2.05) is 37.4 Å². The third-order valence-corrected chi connectivity index (χ3v) is 4.41. The summed E-state index contributed by atoms with van der Waals surface area (Å²) in [5.41, 5.74) is 3.60. The summed E-state index contributed by atoms with van der Waals surface area (Å²) in [7, 11) is 3.19. The molecule has 3 heterocycles. The number of rotatable bonds is 5. The van der Waals surface area contributed by atoms with E-state index in [2.05, 4.69) is 10.2 Å². The molecule has 0 unspecified atom stereocenters. The van der Waals surface area contributed by atoms with Gasteiger partial charge in [0.1, 0.15) is 0 Å². The van der Waals surface area contributed by atoms with Crippen molar-refractivity contribution in [1.29, 1.82) is 0 Å². The molecule has 4 aromatic rings. The second-order valence-electron chi connectivity index (χ2n) is 6.13. The predicted octanol–water partition coefficient (Wildman–Crippen LogP) is 2.26. The molecule has 0 saturated carbocycles. The first-order chi connectivity index (χ1) is 13.1. The fourth-order valence-electron chi connectivity index (χ4n) is 3.18. The lowest BCUT2D eigenvalue weighted by Gasteiger charge is -2.09. The van der Waals surface area contributed by atoms with Crippen molar-refractivity contribution in [2.45, 2.75) is 13.5 Å². The van der Waals surface area contributed by atoms with Crippen LogP contribution in [0.3, 0.4) is 0 Å². The van der Waals surface area contributed by atoms with E-state index in [9.17, 15) is 4.79 Å². The number of methoxy groups -OCH3 is 2. The van der Waals surface area contributed by atoms with E-state index in [1.54, 1.807) is 25.1 Å². The van der Waals surface area contributed by atoms with E-state index in [4.69, 9.17) is 14.5 Å². The number of aromatic nitrogens is 5. The molecule has 4 rings (SSSR count). The van der Waals surface area contributed by atoms with E-state index in [0.717, 1.165) is 16.8 Å². The molecule has 8 heteroatoms. The summed E-state index contributed by atoms with van der Waals surface area (Å²) in [5.74, 6) is 1.26. The van der Waals surface area contributed by atoms with Crippen LogP contribution >= 0.6 is 0 Å². The summed E-state index contributed by atoms with van der Waals surface area (Å²) >= 11 is 0. The molecule has 0 aliphatic rings. The topological polar surface area (TPSA) is 86.4 Å². The number of H-pyrrole nitrogens is 1. The van der Waals surface area contributed by atoms with Gasteiger partial charge in [-0.15, -0.1) is 0 Å². The second-order valence-corrected chi connectivity index (χ2v) is 6.13. The summed E-state index contributed by atoms with van der Waals surface area (Å²) in [4.78, 5) is 17.3. The van der Waals surface area contributed by atoms with Crippen molar-refractivity contribution in [1.82, 2.24) is 24.4 Å². The number of hydrogen-bond acceptors (Lipinski definition) is 5. The number of ether oxygens (including phenoxy) is 2. The molecule has 3 aromatic heterocycles. The Kier molecular flexibility index (Phi) is 4.15. The molecule has 0 atom stereocenters.